The zero-order chi connectivity index (χ0) is 11.0. The third-order valence-electron chi connectivity index (χ3n) is 1.60. The smallest absolute Gasteiger partial charge is 0.412 e. The number of aromatic nitrogens is 5. The van der Waals surface area contributed by atoms with Crippen LogP contribution in [0.4, 0.5) is 5.82 Å². The van der Waals surface area contributed by atoms with Crippen molar-refractivity contribution in [2.45, 2.75) is 5.16 Å². The standard InChI is InChI=1S/C5H4N6O3S.Na.H2O/c1-15-5-6-4-8-7-2(11(13)14)3(12)10(4)9-5;;/h1H3,(H,6,8,9);;1H2. The molecule has 3 N–H and O–H groups in total. The van der Waals surface area contributed by atoms with E-state index in [1.807, 2.05) is 0 Å². The van der Waals surface area contributed by atoms with Crippen molar-refractivity contribution in [2.24, 2.45) is 0 Å². The summed E-state index contributed by atoms with van der Waals surface area (Å²) < 4.78 is 0.886. The molecule has 0 saturated heterocycles. The molecule has 0 atom stereocenters. The van der Waals surface area contributed by atoms with Crippen molar-refractivity contribution in [1.29, 1.82) is 0 Å². The Morgan fingerprint density at radius 2 is 2.12 bits per heavy atom. The number of rotatable bonds is 2. The Bertz CT molecular complexity index is 596. The molecule has 10 nitrogen and oxygen atoms in total. The second-order valence-corrected chi connectivity index (χ2v) is 3.25. The number of nitro groups is 1. The number of fused-ring (bicyclic) bond motifs is 1. The zero-order valence-corrected chi connectivity index (χ0v) is 11.7. The molecule has 1 radical (unpaired) electrons. The van der Waals surface area contributed by atoms with Crippen LogP contribution in [0, 0.1) is 10.1 Å². The van der Waals surface area contributed by atoms with Crippen molar-refractivity contribution in [3.63, 3.8) is 0 Å². The molecular formula is C5H6N6NaO4S. The van der Waals surface area contributed by atoms with E-state index in [9.17, 15) is 14.9 Å². The Balaban J connectivity index is 0.00000128. The summed E-state index contributed by atoms with van der Waals surface area (Å²) in [6, 6.07) is 0. The molecule has 0 saturated carbocycles. The van der Waals surface area contributed by atoms with E-state index in [1.54, 1.807) is 6.26 Å². The third kappa shape index (κ3) is 2.81. The summed E-state index contributed by atoms with van der Waals surface area (Å²) in [6.45, 7) is 0. The first-order valence-corrected chi connectivity index (χ1v) is 4.90. The van der Waals surface area contributed by atoms with E-state index >= 15 is 0 Å². The molecule has 0 fully saturated rings. The molecule has 0 aliphatic rings. The van der Waals surface area contributed by atoms with Crippen LogP contribution >= 0.6 is 11.8 Å². The third-order valence-corrected chi connectivity index (χ3v) is 2.17. The van der Waals surface area contributed by atoms with Crippen molar-refractivity contribution >= 4 is 52.9 Å². The minimum absolute atomic E-state index is 0. The number of hydrogen-bond acceptors (Lipinski definition) is 7. The van der Waals surface area contributed by atoms with Gasteiger partial charge in [0.05, 0.1) is 5.10 Å². The molecule has 0 bridgehead atoms. The van der Waals surface area contributed by atoms with Gasteiger partial charge in [-0.2, -0.15) is 9.50 Å². The van der Waals surface area contributed by atoms with Gasteiger partial charge < -0.3 is 15.6 Å². The van der Waals surface area contributed by atoms with E-state index in [0.29, 0.717) is 5.16 Å². The van der Waals surface area contributed by atoms with Crippen molar-refractivity contribution in [3.8, 4) is 0 Å². The summed E-state index contributed by atoms with van der Waals surface area (Å²) in [5.74, 6) is -0.821. The monoisotopic (exact) mass is 269 g/mol. The summed E-state index contributed by atoms with van der Waals surface area (Å²) in [5, 5.41) is 20.0. The number of H-pyrrole nitrogens is 1. The van der Waals surface area contributed by atoms with E-state index in [2.05, 4.69) is 20.3 Å². The van der Waals surface area contributed by atoms with Crippen molar-refractivity contribution in [1.82, 2.24) is 24.8 Å². The van der Waals surface area contributed by atoms with Gasteiger partial charge in [-0.15, -0.1) is 0 Å². The van der Waals surface area contributed by atoms with Crippen LogP contribution in [0.1, 0.15) is 0 Å². The minimum Gasteiger partial charge on any atom is -0.412 e. The summed E-state index contributed by atoms with van der Waals surface area (Å²) in [6.07, 6.45) is 1.74. The first-order valence-electron chi connectivity index (χ1n) is 3.67. The average Bonchev–Trinajstić information content (AvgIpc) is 2.61. The summed E-state index contributed by atoms with van der Waals surface area (Å²) >= 11 is 1.25. The number of nitrogens with one attached hydrogen (secondary N) is 1. The number of hydrogen-bond donors (Lipinski definition) is 1. The molecular weight excluding hydrogens is 263 g/mol. The largest absolute Gasteiger partial charge is 0.458 e. The van der Waals surface area contributed by atoms with Gasteiger partial charge in [-0.05, 0) is 11.2 Å². The van der Waals surface area contributed by atoms with Gasteiger partial charge in [-0.3, -0.25) is 9.89 Å². The number of nitrogens with zero attached hydrogens (tertiary/aromatic N) is 5. The molecule has 2 aromatic heterocycles. The molecule has 2 heterocycles. The van der Waals surface area contributed by atoms with Crippen LogP contribution in [0.3, 0.4) is 0 Å². The van der Waals surface area contributed by atoms with E-state index in [4.69, 9.17) is 0 Å². The Hall–Kier alpha value is -1.01. The Kier molecular flexibility index (Phi) is 5.71. The SMILES string of the molecule is CSc1nc2nnc([N+](=O)[O-])c(=O)n2[nH]1.O.[Na]. The molecule has 0 aliphatic carbocycles. The Morgan fingerprint density at radius 3 is 2.65 bits per heavy atom. The van der Waals surface area contributed by atoms with Crippen LogP contribution in [0.15, 0.2) is 9.95 Å². The molecule has 0 unspecified atom stereocenters. The molecule has 2 rings (SSSR count). The van der Waals surface area contributed by atoms with Gasteiger partial charge in [-0.25, -0.2) is 0 Å². The molecule has 2 aromatic rings. The summed E-state index contributed by atoms with van der Waals surface area (Å²) in [4.78, 5) is 24.8. The van der Waals surface area contributed by atoms with Gasteiger partial charge in [0.2, 0.25) is 0 Å². The van der Waals surface area contributed by atoms with Crippen LogP contribution in [0.5, 0.6) is 0 Å². The Morgan fingerprint density at radius 1 is 1.47 bits per heavy atom. The zero-order valence-electron chi connectivity index (χ0n) is 8.87. The molecule has 0 aromatic carbocycles. The second kappa shape index (κ2) is 6.07. The molecule has 0 spiro atoms. The van der Waals surface area contributed by atoms with Gasteiger partial charge in [0.1, 0.15) is 0 Å². The van der Waals surface area contributed by atoms with Crippen LogP contribution < -0.4 is 5.56 Å². The predicted molar refractivity (Wildman–Crippen MR) is 59.2 cm³/mol. The fraction of sp³-hybridized carbons (Fsp3) is 0.200. The fourth-order valence-electron chi connectivity index (χ4n) is 0.961. The average molecular weight is 269 g/mol. The van der Waals surface area contributed by atoms with E-state index in [-0.39, 0.29) is 40.8 Å². The van der Waals surface area contributed by atoms with Gasteiger partial charge in [0, 0.05) is 34.7 Å². The van der Waals surface area contributed by atoms with Gasteiger partial charge in [-0.1, -0.05) is 11.8 Å². The normalized spacial score (nSPS) is 9.47. The maximum Gasteiger partial charge on any atom is 0.458 e. The van der Waals surface area contributed by atoms with Crippen LogP contribution in [-0.2, 0) is 0 Å². The fourth-order valence-corrected chi connectivity index (χ4v) is 1.32. The van der Waals surface area contributed by atoms with Crippen LogP contribution in [0.2, 0.25) is 0 Å². The summed E-state index contributed by atoms with van der Waals surface area (Å²) in [7, 11) is 0. The minimum atomic E-state index is -0.888. The number of aromatic amines is 1. The van der Waals surface area contributed by atoms with Crippen LogP contribution in [0.25, 0.3) is 5.78 Å². The maximum absolute atomic E-state index is 11.4. The van der Waals surface area contributed by atoms with Gasteiger partial charge in [0.15, 0.2) is 5.16 Å². The first-order chi connectivity index (χ1) is 7.13. The van der Waals surface area contributed by atoms with Gasteiger partial charge in [0.25, 0.3) is 5.78 Å². The topological polar surface area (TPSA) is 151 Å². The van der Waals surface area contributed by atoms with Crippen molar-refractivity contribution in [3.05, 3.63) is 20.5 Å². The van der Waals surface area contributed by atoms with Crippen molar-refractivity contribution < 1.29 is 10.4 Å². The number of thioether (sulfide) groups is 1. The molecule has 87 valence electrons. The predicted octanol–water partition coefficient (Wildman–Crippen LogP) is -1.76. The van der Waals surface area contributed by atoms with Crippen molar-refractivity contribution in [2.75, 3.05) is 6.26 Å². The molecule has 12 heteroatoms. The van der Waals surface area contributed by atoms with Crippen LogP contribution in [-0.4, -0.2) is 71.0 Å². The van der Waals surface area contributed by atoms with Gasteiger partial charge >= 0.3 is 11.4 Å². The Labute approximate surface area is 120 Å². The van der Waals surface area contributed by atoms with E-state index < -0.39 is 16.3 Å². The van der Waals surface area contributed by atoms with E-state index in [1.165, 1.54) is 11.8 Å². The molecule has 17 heavy (non-hydrogen) atoms. The second-order valence-electron chi connectivity index (χ2n) is 2.45. The quantitative estimate of drug-likeness (QED) is 0.293. The summed E-state index contributed by atoms with van der Waals surface area (Å²) in [5.41, 5.74) is -0.877. The molecule has 0 aliphatic heterocycles. The first kappa shape index (κ1) is 16.0. The maximum atomic E-state index is 11.4. The molecule has 0 amide bonds. The van der Waals surface area contributed by atoms with E-state index in [0.717, 1.165) is 4.52 Å².